The molecule has 1 aromatic carbocycles. The van der Waals surface area contributed by atoms with E-state index in [4.69, 9.17) is 0 Å². The number of anilines is 1. The van der Waals surface area contributed by atoms with Gasteiger partial charge in [-0.05, 0) is 24.1 Å². The van der Waals surface area contributed by atoms with Crippen molar-refractivity contribution in [2.45, 2.75) is 20.3 Å². The summed E-state index contributed by atoms with van der Waals surface area (Å²) in [5.41, 5.74) is 5.81. The minimum Gasteiger partial charge on any atom is -0.326 e. The van der Waals surface area contributed by atoms with E-state index >= 15 is 0 Å². The molecule has 0 saturated carbocycles. The van der Waals surface area contributed by atoms with Gasteiger partial charge in [-0.3, -0.25) is 15.2 Å². The van der Waals surface area contributed by atoms with Crippen LogP contribution in [0.25, 0.3) is 0 Å². The Morgan fingerprint density at radius 3 is 2.75 bits per heavy atom. The Hall–Kier alpha value is -1.82. The minimum absolute atomic E-state index is 0.0678. The van der Waals surface area contributed by atoms with Gasteiger partial charge in [0, 0.05) is 24.9 Å². The Morgan fingerprint density at radius 2 is 2.20 bits per heavy atom. The Labute approximate surface area is 122 Å². The van der Waals surface area contributed by atoms with Gasteiger partial charge in [0.2, 0.25) is 5.91 Å². The van der Waals surface area contributed by atoms with Gasteiger partial charge in [-0.15, -0.1) is 0 Å². The van der Waals surface area contributed by atoms with Crippen molar-refractivity contribution in [3.05, 3.63) is 29.8 Å². The van der Waals surface area contributed by atoms with Crippen LogP contribution in [0.2, 0.25) is 0 Å². The first-order chi connectivity index (χ1) is 9.69. The molecule has 0 fully saturated rings. The first-order valence-corrected chi connectivity index (χ1v) is 7.55. The van der Waals surface area contributed by atoms with E-state index < -0.39 is 0 Å². The van der Waals surface area contributed by atoms with Gasteiger partial charge in [0.1, 0.15) is 0 Å². The molecule has 1 amide bonds. The number of carbonyl (C=O) groups excluding carboxylic acids is 1. The number of amides is 1. The third kappa shape index (κ3) is 4.09. The zero-order valence-corrected chi connectivity index (χ0v) is 12.5. The maximum atomic E-state index is 11.0. The fraction of sp³-hybridized carbons (Fsp3) is 0.357. The van der Waals surface area contributed by atoms with Crippen LogP contribution >= 0.6 is 11.8 Å². The molecule has 1 aliphatic heterocycles. The number of hydrogen-bond donors (Lipinski definition) is 2. The summed E-state index contributed by atoms with van der Waals surface area (Å²) in [5, 5.41) is 7.98. The molecule has 0 aliphatic carbocycles. The first-order valence-electron chi connectivity index (χ1n) is 6.57. The standard InChI is InChI=1S/C14H18N4OS/c1-3-8-15-14-18-17-13(9-20-14)11-4-6-12(7-5-11)16-10(2)19/h4-7H,3,8-9H2,1-2H3,(H,15,18)(H,16,19). The molecule has 5 nitrogen and oxygen atoms in total. The number of carbonyl (C=O) groups is 1. The van der Waals surface area contributed by atoms with Crippen LogP contribution in [0.1, 0.15) is 25.8 Å². The third-order valence-electron chi connectivity index (χ3n) is 2.65. The zero-order valence-electron chi connectivity index (χ0n) is 11.6. The fourth-order valence-corrected chi connectivity index (χ4v) is 2.51. The second kappa shape index (κ2) is 7.09. The Kier molecular flexibility index (Phi) is 5.17. The van der Waals surface area contributed by atoms with Gasteiger partial charge in [0.25, 0.3) is 0 Å². The number of nitrogens with zero attached hydrogens (tertiary/aromatic N) is 2. The molecule has 1 aliphatic rings. The van der Waals surface area contributed by atoms with Gasteiger partial charge < -0.3 is 5.32 Å². The van der Waals surface area contributed by atoms with Crippen molar-refractivity contribution in [3.8, 4) is 0 Å². The summed E-state index contributed by atoms with van der Waals surface area (Å²) in [5.74, 6) is 0.733. The molecule has 0 saturated heterocycles. The molecule has 2 N–H and O–H groups in total. The van der Waals surface area contributed by atoms with Crippen molar-refractivity contribution in [1.82, 2.24) is 5.43 Å². The summed E-state index contributed by atoms with van der Waals surface area (Å²) >= 11 is 1.66. The van der Waals surface area contributed by atoms with Crippen LogP contribution in [0.5, 0.6) is 0 Å². The molecule has 0 radical (unpaired) electrons. The number of benzene rings is 1. The number of hydrogen-bond acceptors (Lipinski definition) is 4. The molecule has 0 aromatic heterocycles. The summed E-state index contributed by atoms with van der Waals surface area (Å²) in [6, 6.07) is 7.68. The quantitative estimate of drug-likeness (QED) is 0.895. The summed E-state index contributed by atoms with van der Waals surface area (Å²) in [7, 11) is 0. The van der Waals surface area contributed by atoms with Gasteiger partial charge in [0.15, 0.2) is 5.17 Å². The lowest BCUT2D eigenvalue weighted by Crippen LogP contribution is -2.25. The summed E-state index contributed by atoms with van der Waals surface area (Å²) < 4.78 is 0. The maximum absolute atomic E-state index is 11.0. The van der Waals surface area contributed by atoms with E-state index in [1.807, 2.05) is 24.3 Å². The van der Waals surface area contributed by atoms with Crippen LogP contribution in [0, 0.1) is 0 Å². The monoisotopic (exact) mass is 290 g/mol. The van der Waals surface area contributed by atoms with Crippen LogP contribution in [-0.4, -0.2) is 29.1 Å². The van der Waals surface area contributed by atoms with Crippen LogP contribution in [-0.2, 0) is 4.79 Å². The maximum Gasteiger partial charge on any atom is 0.221 e. The van der Waals surface area contributed by atoms with E-state index in [1.54, 1.807) is 11.8 Å². The molecular weight excluding hydrogens is 272 g/mol. The molecule has 2 rings (SSSR count). The second-order valence-electron chi connectivity index (χ2n) is 4.40. The van der Waals surface area contributed by atoms with E-state index in [0.717, 1.165) is 40.8 Å². The average molecular weight is 290 g/mol. The van der Waals surface area contributed by atoms with Crippen LogP contribution < -0.4 is 10.7 Å². The number of aliphatic imine (C=N–C) groups is 1. The van der Waals surface area contributed by atoms with E-state index in [0.29, 0.717) is 0 Å². The van der Waals surface area contributed by atoms with E-state index in [2.05, 4.69) is 27.8 Å². The van der Waals surface area contributed by atoms with Crippen molar-refractivity contribution < 1.29 is 4.79 Å². The largest absolute Gasteiger partial charge is 0.326 e. The summed E-state index contributed by atoms with van der Waals surface area (Å²) in [6.07, 6.45) is 1.03. The van der Waals surface area contributed by atoms with Crippen LogP contribution in [0.3, 0.4) is 0 Å². The van der Waals surface area contributed by atoms with Gasteiger partial charge in [-0.25, -0.2) is 0 Å². The molecule has 0 atom stereocenters. The number of rotatable bonds is 4. The number of thioether (sulfide) groups is 1. The number of hydrazone groups is 1. The molecule has 0 spiro atoms. The molecular formula is C14H18N4OS. The van der Waals surface area contributed by atoms with Gasteiger partial charge in [-0.2, -0.15) is 5.10 Å². The Balaban J connectivity index is 2.02. The van der Waals surface area contributed by atoms with Crippen LogP contribution in [0.15, 0.2) is 34.4 Å². The zero-order chi connectivity index (χ0) is 14.4. The fourth-order valence-electron chi connectivity index (χ4n) is 1.71. The normalized spacial score (nSPS) is 16.5. The number of amidine groups is 1. The lowest BCUT2D eigenvalue weighted by molar-refractivity contribution is -0.114. The molecule has 20 heavy (non-hydrogen) atoms. The van der Waals surface area contributed by atoms with Crippen molar-refractivity contribution in [2.75, 3.05) is 17.6 Å². The van der Waals surface area contributed by atoms with E-state index in [1.165, 1.54) is 6.92 Å². The minimum atomic E-state index is -0.0678. The molecule has 106 valence electrons. The van der Waals surface area contributed by atoms with Gasteiger partial charge in [-0.1, -0.05) is 30.8 Å². The molecule has 6 heteroatoms. The highest BCUT2D eigenvalue weighted by atomic mass is 32.2. The molecule has 0 unspecified atom stereocenters. The predicted molar refractivity (Wildman–Crippen MR) is 85.5 cm³/mol. The lowest BCUT2D eigenvalue weighted by Gasteiger charge is -2.15. The lowest BCUT2D eigenvalue weighted by atomic mass is 10.1. The highest BCUT2D eigenvalue weighted by molar-refractivity contribution is 8.14. The third-order valence-corrected chi connectivity index (χ3v) is 3.56. The van der Waals surface area contributed by atoms with Crippen molar-refractivity contribution >= 4 is 34.2 Å². The second-order valence-corrected chi connectivity index (χ2v) is 5.37. The first kappa shape index (κ1) is 14.6. The highest BCUT2D eigenvalue weighted by Crippen LogP contribution is 2.16. The van der Waals surface area contributed by atoms with Crippen molar-refractivity contribution in [2.24, 2.45) is 10.1 Å². The smallest absolute Gasteiger partial charge is 0.221 e. The van der Waals surface area contributed by atoms with E-state index in [-0.39, 0.29) is 5.91 Å². The number of nitrogens with one attached hydrogen (secondary N) is 2. The van der Waals surface area contributed by atoms with Crippen molar-refractivity contribution in [3.63, 3.8) is 0 Å². The van der Waals surface area contributed by atoms with Crippen molar-refractivity contribution in [1.29, 1.82) is 0 Å². The molecule has 0 bridgehead atoms. The SMILES string of the molecule is CCCN=C1NN=C(c2ccc(NC(C)=O)cc2)CS1. The summed E-state index contributed by atoms with van der Waals surface area (Å²) in [4.78, 5) is 15.4. The Morgan fingerprint density at radius 1 is 1.45 bits per heavy atom. The average Bonchev–Trinajstić information content (AvgIpc) is 2.46. The summed E-state index contributed by atoms with van der Waals surface area (Å²) in [6.45, 7) is 4.42. The van der Waals surface area contributed by atoms with Crippen LogP contribution in [0.4, 0.5) is 5.69 Å². The van der Waals surface area contributed by atoms with Gasteiger partial charge in [0.05, 0.1) is 5.71 Å². The topological polar surface area (TPSA) is 65.8 Å². The molecule has 1 heterocycles. The predicted octanol–water partition coefficient (Wildman–Crippen LogP) is 2.45. The molecule has 1 aromatic rings. The van der Waals surface area contributed by atoms with Gasteiger partial charge >= 0.3 is 0 Å². The highest BCUT2D eigenvalue weighted by Gasteiger charge is 2.12. The van der Waals surface area contributed by atoms with E-state index in [9.17, 15) is 4.79 Å². The Bertz CT molecular complexity index is 537.